The van der Waals surface area contributed by atoms with Crippen molar-refractivity contribution in [3.05, 3.63) is 46.8 Å². The monoisotopic (exact) mass is 448 g/mol. The average Bonchev–Trinajstić information content (AvgIpc) is 3.11. The number of hydrogen-bond donors (Lipinski definition) is 0. The van der Waals surface area contributed by atoms with E-state index in [4.69, 9.17) is 0 Å². The van der Waals surface area contributed by atoms with Gasteiger partial charge in [0.2, 0.25) is 0 Å². The first kappa shape index (κ1) is 25.3. The van der Waals surface area contributed by atoms with Crippen molar-refractivity contribution in [2.24, 2.45) is 0 Å². The summed E-state index contributed by atoms with van der Waals surface area (Å²) in [6.07, 6.45) is 18.0. The van der Waals surface area contributed by atoms with E-state index in [1.54, 1.807) is 0 Å². The van der Waals surface area contributed by atoms with E-state index < -0.39 is 16.1 Å². The smallest absolute Gasteiger partial charge is 0.274 e. The molecule has 0 nitrogen and oxygen atoms in total. The molecule has 0 fully saturated rings. The van der Waals surface area contributed by atoms with Gasteiger partial charge in [-0.3, -0.25) is 12.2 Å². The molecule has 0 amide bonds. The Labute approximate surface area is 179 Å². The largest absolute Gasteiger partial charge is 2.00 e. The molecule has 2 aliphatic rings. The zero-order chi connectivity index (χ0) is 18.8. The van der Waals surface area contributed by atoms with Crippen LogP contribution in [0.5, 0.6) is 0 Å². The number of hydrogen-bond acceptors (Lipinski definition) is 0. The minimum Gasteiger partial charge on any atom is -0.274 e. The molecule has 0 saturated heterocycles. The molecule has 25 heavy (non-hydrogen) atoms. The number of rotatable bonds is 2. The molecule has 0 aliphatic heterocycles. The Hall–Kier alpha value is 0.277. The molecular formula is C22H38Si2Zr. The second-order valence-electron chi connectivity index (χ2n) is 10.1. The Morgan fingerprint density at radius 1 is 0.680 bits per heavy atom. The van der Waals surface area contributed by atoms with Crippen LogP contribution in [-0.2, 0) is 26.2 Å². The molecule has 3 heteroatoms. The average molecular weight is 450 g/mol. The summed E-state index contributed by atoms with van der Waals surface area (Å²) >= 11 is 0. The van der Waals surface area contributed by atoms with Crippen molar-refractivity contribution in [2.45, 2.75) is 90.6 Å². The van der Waals surface area contributed by atoms with Gasteiger partial charge >= 0.3 is 26.2 Å². The molecule has 0 radical (unpaired) electrons. The minimum atomic E-state index is -1.25. The zero-order valence-electron chi connectivity index (χ0n) is 18.2. The van der Waals surface area contributed by atoms with E-state index >= 15 is 0 Å². The van der Waals surface area contributed by atoms with E-state index in [0.717, 1.165) is 12.8 Å². The Bertz CT molecular complexity index is 510. The SMILES string of the molecule is CC(C)(C)[Si](C)(C)C1=[C-]CC=C1.CC(C)(C)[Si](C)(C)C1=[C-]CC=C1.[Zr+2]. The van der Waals surface area contributed by atoms with Crippen molar-refractivity contribution in [3.63, 3.8) is 0 Å². The van der Waals surface area contributed by atoms with Crippen molar-refractivity contribution < 1.29 is 26.2 Å². The van der Waals surface area contributed by atoms with Crippen LogP contribution in [0.3, 0.4) is 0 Å². The normalized spacial score (nSPS) is 17.5. The zero-order valence-corrected chi connectivity index (χ0v) is 22.7. The minimum absolute atomic E-state index is 0. The van der Waals surface area contributed by atoms with Gasteiger partial charge in [-0.25, -0.2) is 22.5 Å². The third-order valence-electron chi connectivity index (χ3n) is 6.49. The maximum Gasteiger partial charge on any atom is 2.00 e. The molecule has 2 aliphatic carbocycles. The molecule has 0 atom stereocenters. The quantitative estimate of drug-likeness (QED) is 0.303. The van der Waals surface area contributed by atoms with Crippen LogP contribution in [-0.4, -0.2) is 16.1 Å². The third kappa shape index (κ3) is 6.15. The van der Waals surface area contributed by atoms with Crippen LogP contribution < -0.4 is 0 Å². The van der Waals surface area contributed by atoms with Crippen LogP contribution in [0.25, 0.3) is 0 Å². The third-order valence-corrected chi connectivity index (χ3v) is 17.4. The standard InChI is InChI=1S/2C11H19Si.Zr/c2*1-11(2,3)12(4,5)10-8-6-7-9-10;/h2*6,8H,7H2,1-5H3;/q2*-1;+2. The molecule has 0 unspecified atom stereocenters. The van der Waals surface area contributed by atoms with Gasteiger partial charge in [0.1, 0.15) is 0 Å². The van der Waals surface area contributed by atoms with E-state index in [2.05, 4.69) is 104 Å². The van der Waals surface area contributed by atoms with E-state index in [-0.39, 0.29) is 26.2 Å². The molecule has 2 rings (SSSR count). The number of allylic oxidation sites excluding steroid dienone is 8. The molecule has 0 bridgehead atoms. The van der Waals surface area contributed by atoms with Gasteiger partial charge in [-0.15, -0.1) is 12.8 Å². The summed E-state index contributed by atoms with van der Waals surface area (Å²) in [5.74, 6) is 0. The van der Waals surface area contributed by atoms with E-state index in [1.807, 2.05) is 0 Å². The van der Waals surface area contributed by atoms with Crippen molar-refractivity contribution in [2.75, 3.05) is 0 Å². The van der Waals surface area contributed by atoms with Gasteiger partial charge in [0.05, 0.1) is 0 Å². The van der Waals surface area contributed by atoms with E-state index in [0.29, 0.717) is 10.1 Å². The maximum absolute atomic E-state index is 3.47. The molecule has 0 saturated carbocycles. The predicted octanol–water partition coefficient (Wildman–Crippen LogP) is 7.44. The van der Waals surface area contributed by atoms with Gasteiger partial charge in [0, 0.05) is 16.1 Å². The van der Waals surface area contributed by atoms with Crippen LogP contribution in [0, 0.1) is 12.2 Å². The summed E-state index contributed by atoms with van der Waals surface area (Å²) in [6.45, 7) is 23.8. The summed E-state index contributed by atoms with van der Waals surface area (Å²) in [5, 5.41) is 3.92. The molecule has 0 spiro atoms. The maximum atomic E-state index is 3.47. The molecule has 0 aromatic rings. The first-order valence-corrected chi connectivity index (χ1v) is 15.3. The molecular weight excluding hydrogens is 412 g/mol. The van der Waals surface area contributed by atoms with Gasteiger partial charge in [0.25, 0.3) is 0 Å². The van der Waals surface area contributed by atoms with Crippen molar-refractivity contribution in [1.82, 2.24) is 0 Å². The predicted molar refractivity (Wildman–Crippen MR) is 115 cm³/mol. The van der Waals surface area contributed by atoms with Crippen LogP contribution in [0.15, 0.2) is 34.7 Å². The molecule has 0 aromatic heterocycles. The van der Waals surface area contributed by atoms with Crippen LogP contribution in [0.2, 0.25) is 36.3 Å². The fraction of sp³-hybridized carbons (Fsp3) is 0.636. The molecule has 0 heterocycles. The van der Waals surface area contributed by atoms with E-state index in [1.165, 1.54) is 10.4 Å². The Balaban J connectivity index is 0.000000443. The van der Waals surface area contributed by atoms with Gasteiger partial charge in [-0.2, -0.15) is 12.2 Å². The fourth-order valence-corrected chi connectivity index (χ4v) is 6.25. The summed E-state index contributed by atoms with van der Waals surface area (Å²) in [4.78, 5) is 0. The molecule has 0 N–H and O–H groups in total. The molecule has 138 valence electrons. The van der Waals surface area contributed by atoms with Gasteiger partial charge < -0.3 is 0 Å². The topological polar surface area (TPSA) is 0 Å². The van der Waals surface area contributed by atoms with Crippen molar-refractivity contribution in [1.29, 1.82) is 0 Å². The second-order valence-corrected chi connectivity index (χ2v) is 20.7. The fourth-order valence-electron chi connectivity index (χ4n) is 2.48. The first-order chi connectivity index (χ1) is 10.7. The van der Waals surface area contributed by atoms with Crippen LogP contribution in [0.4, 0.5) is 0 Å². The summed E-state index contributed by atoms with van der Waals surface area (Å²) in [7, 11) is -2.51. The second kappa shape index (κ2) is 8.98. The summed E-state index contributed by atoms with van der Waals surface area (Å²) in [6, 6.07) is 0. The van der Waals surface area contributed by atoms with Crippen molar-refractivity contribution >= 4 is 16.1 Å². The first-order valence-electron chi connectivity index (χ1n) is 9.27. The Morgan fingerprint density at radius 3 is 1.12 bits per heavy atom. The van der Waals surface area contributed by atoms with E-state index in [9.17, 15) is 0 Å². The molecule has 0 aromatic carbocycles. The Kier molecular flexibility index (Phi) is 9.08. The summed E-state index contributed by atoms with van der Waals surface area (Å²) < 4.78 is 0. The van der Waals surface area contributed by atoms with Crippen LogP contribution >= 0.6 is 0 Å². The Morgan fingerprint density at radius 2 is 0.960 bits per heavy atom. The summed E-state index contributed by atoms with van der Waals surface area (Å²) in [5.41, 5.74) is 0. The van der Waals surface area contributed by atoms with Gasteiger partial charge in [-0.05, 0) is 10.1 Å². The van der Waals surface area contributed by atoms with Crippen LogP contribution in [0.1, 0.15) is 54.4 Å². The van der Waals surface area contributed by atoms with Crippen molar-refractivity contribution in [3.8, 4) is 0 Å². The van der Waals surface area contributed by atoms with Gasteiger partial charge in [0.15, 0.2) is 0 Å². The van der Waals surface area contributed by atoms with Gasteiger partial charge in [-0.1, -0.05) is 67.7 Å².